The molecule has 1 atom stereocenters. The van der Waals surface area contributed by atoms with Crippen molar-refractivity contribution in [2.24, 2.45) is 0 Å². The molecule has 2 heterocycles. The maximum absolute atomic E-state index is 12.9. The summed E-state index contributed by atoms with van der Waals surface area (Å²) in [4.78, 5) is 30.0. The Balaban J connectivity index is 1.62. The Bertz CT molecular complexity index is 605. The van der Waals surface area contributed by atoms with Crippen molar-refractivity contribution in [2.75, 3.05) is 26.7 Å². The topological polar surface area (TPSA) is 60.9 Å². The van der Waals surface area contributed by atoms with Crippen LogP contribution in [0.2, 0.25) is 0 Å². The fraction of sp³-hybridized carbons (Fsp3) is 0.684. The lowest BCUT2D eigenvalue weighted by atomic mass is 10.1. The van der Waals surface area contributed by atoms with Crippen molar-refractivity contribution >= 4 is 23.2 Å². The van der Waals surface area contributed by atoms with Gasteiger partial charge in [-0.25, -0.2) is 0 Å². The summed E-state index contributed by atoms with van der Waals surface area (Å²) in [6, 6.07) is 2.38. The van der Waals surface area contributed by atoms with Gasteiger partial charge in [-0.2, -0.15) is 0 Å². The summed E-state index contributed by atoms with van der Waals surface area (Å²) < 4.78 is 0. The van der Waals surface area contributed by atoms with E-state index in [0.29, 0.717) is 0 Å². The van der Waals surface area contributed by atoms with Gasteiger partial charge in [0.15, 0.2) is 0 Å². The summed E-state index contributed by atoms with van der Waals surface area (Å²) in [6.07, 6.45) is 8.74. The van der Waals surface area contributed by atoms with Crippen molar-refractivity contribution in [1.82, 2.24) is 9.80 Å². The van der Waals surface area contributed by atoms with Crippen molar-refractivity contribution in [3.63, 3.8) is 0 Å². The number of carboxylic acids is 1. The van der Waals surface area contributed by atoms with E-state index in [0.717, 1.165) is 50.1 Å². The minimum Gasteiger partial charge on any atom is -0.480 e. The van der Waals surface area contributed by atoms with E-state index in [9.17, 15) is 9.59 Å². The van der Waals surface area contributed by atoms with Crippen LogP contribution in [0, 0.1) is 0 Å². The monoisotopic (exact) mass is 364 g/mol. The van der Waals surface area contributed by atoms with E-state index in [1.807, 2.05) is 16.8 Å². The molecule has 1 amide bonds. The van der Waals surface area contributed by atoms with Gasteiger partial charge in [0.1, 0.15) is 0 Å². The minimum absolute atomic E-state index is 0.0657. The zero-order chi connectivity index (χ0) is 17.8. The fourth-order valence-corrected chi connectivity index (χ4v) is 5.22. The molecule has 5 nitrogen and oxygen atoms in total. The highest BCUT2D eigenvalue weighted by atomic mass is 32.1. The maximum Gasteiger partial charge on any atom is 0.317 e. The Morgan fingerprint density at radius 1 is 1.20 bits per heavy atom. The van der Waals surface area contributed by atoms with E-state index in [2.05, 4.69) is 6.07 Å². The number of thiophene rings is 1. The van der Waals surface area contributed by atoms with Gasteiger partial charge < -0.3 is 10.0 Å². The van der Waals surface area contributed by atoms with Gasteiger partial charge in [-0.15, -0.1) is 11.3 Å². The number of fused-ring (bicyclic) bond motifs is 1. The Morgan fingerprint density at radius 2 is 2.00 bits per heavy atom. The lowest BCUT2D eigenvalue weighted by Crippen LogP contribution is -2.37. The van der Waals surface area contributed by atoms with Gasteiger partial charge in [-0.1, -0.05) is 6.42 Å². The van der Waals surface area contributed by atoms with Crippen LogP contribution in [0.15, 0.2) is 6.07 Å². The molecule has 138 valence electrons. The highest BCUT2D eigenvalue weighted by molar-refractivity contribution is 7.14. The smallest absolute Gasteiger partial charge is 0.317 e. The Labute approximate surface area is 153 Å². The summed E-state index contributed by atoms with van der Waals surface area (Å²) in [6.45, 7) is 1.56. The Morgan fingerprint density at radius 3 is 2.80 bits per heavy atom. The number of carbonyl (C=O) groups is 2. The van der Waals surface area contributed by atoms with Crippen LogP contribution in [0.5, 0.6) is 0 Å². The van der Waals surface area contributed by atoms with E-state index in [-0.39, 0.29) is 18.5 Å². The predicted molar refractivity (Wildman–Crippen MR) is 99.4 cm³/mol. The third-order valence-electron chi connectivity index (χ3n) is 5.45. The van der Waals surface area contributed by atoms with Crippen molar-refractivity contribution in [3.8, 4) is 0 Å². The first-order chi connectivity index (χ1) is 12.0. The quantitative estimate of drug-likeness (QED) is 0.834. The van der Waals surface area contributed by atoms with Crippen LogP contribution in [0.25, 0.3) is 0 Å². The predicted octanol–water partition coefficient (Wildman–Crippen LogP) is 3.03. The van der Waals surface area contributed by atoms with Crippen LogP contribution in [-0.4, -0.2) is 59.5 Å². The normalized spacial score (nSPS) is 21.5. The Hall–Kier alpha value is -1.40. The largest absolute Gasteiger partial charge is 0.480 e. The molecule has 1 aliphatic heterocycles. The van der Waals surface area contributed by atoms with E-state index in [1.54, 1.807) is 11.3 Å². The number of rotatable bonds is 4. The zero-order valence-electron chi connectivity index (χ0n) is 15.0. The van der Waals surface area contributed by atoms with E-state index >= 15 is 0 Å². The van der Waals surface area contributed by atoms with Gasteiger partial charge >= 0.3 is 5.97 Å². The fourth-order valence-electron chi connectivity index (χ4n) is 3.99. The van der Waals surface area contributed by atoms with Crippen LogP contribution in [0.3, 0.4) is 0 Å². The molecule has 25 heavy (non-hydrogen) atoms. The number of likely N-dealkylation sites (N-methyl/N-ethyl adjacent to an activating group) is 1. The second-order valence-electron chi connectivity index (χ2n) is 7.31. The van der Waals surface area contributed by atoms with E-state index < -0.39 is 5.97 Å². The molecule has 1 aromatic heterocycles. The molecule has 0 saturated carbocycles. The van der Waals surface area contributed by atoms with E-state index in [4.69, 9.17) is 5.11 Å². The van der Waals surface area contributed by atoms with Gasteiger partial charge in [-0.3, -0.25) is 14.5 Å². The summed E-state index contributed by atoms with van der Waals surface area (Å²) in [5.74, 6) is -0.626. The lowest BCUT2D eigenvalue weighted by Gasteiger charge is -2.25. The molecule has 0 bridgehead atoms. The SMILES string of the molecule is CN(CC(=O)O)C1CCCN(C(=O)c2cc3c(s2)CCCCC3)CC1. The molecule has 1 fully saturated rings. The first-order valence-corrected chi connectivity index (χ1v) is 10.2. The Kier molecular flexibility index (Phi) is 6.12. The molecule has 1 saturated heterocycles. The number of likely N-dealkylation sites (tertiary alicyclic amines) is 1. The number of hydrogen-bond donors (Lipinski definition) is 1. The van der Waals surface area contributed by atoms with Crippen LogP contribution in [0.1, 0.15) is 58.6 Å². The standard InChI is InChI=1S/C19H28N2O3S/c1-20(13-18(22)23)15-7-5-10-21(11-9-15)19(24)17-12-14-6-3-2-4-8-16(14)25-17/h12,15H,2-11,13H2,1H3,(H,22,23). The van der Waals surface area contributed by atoms with Gasteiger partial charge in [0.2, 0.25) is 0 Å². The molecule has 3 rings (SSSR count). The minimum atomic E-state index is -0.792. The molecule has 0 radical (unpaired) electrons. The van der Waals surface area contributed by atoms with Crippen LogP contribution in [-0.2, 0) is 17.6 Å². The number of nitrogens with zero attached hydrogens (tertiary/aromatic N) is 2. The number of hydrogen-bond acceptors (Lipinski definition) is 4. The summed E-state index contributed by atoms with van der Waals surface area (Å²) in [5, 5.41) is 8.97. The third kappa shape index (κ3) is 4.61. The molecule has 1 aliphatic carbocycles. The van der Waals surface area contributed by atoms with Crippen molar-refractivity contribution in [2.45, 2.75) is 57.4 Å². The second kappa shape index (κ2) is 8.32. The molecular formula is C19H28N2O3S. The maximum atomic E-state index is 12.9. The van der Waals surface area contributed by atoms with Crippen molar-refractivity contribution in [1.29, 1.82) is 0 Å². The zero-order valence-corrected chi connectivity index (χ0v) is 15.8. The average Bonchev–Trinajstić information content (AvgIpc) is 2.76. The summed E-state index contributed by atoms with van der Waals surface area (Å²) in [7, 11) is 1.87. The van der Waals surface area contributed by atoms with Crippen LogP contribution >= 0.6 is 11.3 Å². The van der Waals surface area contributed by atoms with Gasteiger partial charge in [0.05, 0.1) is 11.4 Å². The highest BCUT2D eigenvalue weighted by Crippen LogP contribution is 2.30. The third-order valence-corrected chi connectivity index (χ3v) is 6.68. The first kappa shape index (κ1) is 18.4. The van der Waals surface area contributed by atoms with Crippen LogP contribution < -0.4 is 0 Å². The molecule has 2 aliphatic rings. The first-order valence-electron chi connectivity index (χ1n) is 9.37. The molecule has 1 N–H and O–H groups in total. The number of carboxylic acid groups (broad SMARTS) is 1. The van der Waals surface area contributed by atoms with E-state index in [1.165, 1.54) is 29.7 Å². The number of carbonyl (C=O) groups excluding carboxylic acids is 1. The van der Waals surface area contributed by atoms with Crippen LogP contribution in [0.4, 0.5) is 0 Å². The van der Waals surface area contributed by atoms with Gasteiger partial charge in [0.25, 0.3) is 5.91 Å². The number of aliphatic carboxylic acids is 1. The lowest BCUT2D eigenvalue weighted by molar-refractivity contribution is -0.138. The summed E-state index contributed by atoms with van der Waals surface area (Å²) in [5.41, 5.74) is 1.39. The number of aryl methyl sites for hydroxylation is 2. The highest BCUT2D eigenvalue weighted by Gasteiger charge is 2.26. The van der Waals surface area contributed by atoms with Crippen molar-refractivity contribution in [3.05, 3.63) is 21.4 Å². The molecule has 1 unspecified atom stereocenters. The van der Waals surface area contributed by atoms with Gasteiger partial charge in [0, 0.05) is 24.0 Å². The molecule has 0 aromatic carbocycles. The molecule has 6 heteroatoms. The van der Waals surface area contributed by atoms with Gasteiger partial charge in [-0.05, 0) is 63.6 Å². The number of amides is 1. The molecule has 0 spiro atoms. The second-order valence-corrected chi connectivity index (χ2v) is 8.44. The summed E-state index contributed by atoms with van der Waals surface area (Å²) >= 11 is 1.69. The average molecular weight is 365 g/mol. The molecular weight excluding hydrogens is 336 g/mol. The molecule has 1 aromatic rings. The van der Waals surface area contributed by atoms with Crippen molar-refractivity contribution < 1.29 is 14.7 Å².